The van der Waals surface area contributed by atoms with E-state index in [0.717, 1.165) is 43.8 Å². The quantitative estimate of drug-likeness (QED) is 0.743. The summed E-state index contributed by atoms with van der Waals surface area (Å²) in [6.45, 7) is 7.63. The van der Waals surface area contributed by atoms with Crippen molar-refractivity contribution in [3.05, 3.63) is 77.5 Å². The van der Waals surface area contributed by atoms with Gasteiger partial charge in [0, 0.05) is 30.4 Å². The van der Waals surface area contributed by atoms with Crippen LogP contribution in [0.15, 0.2) is 60.8 Å². The molecule has 1 fully saturated rings. The number of hydrogen-bond acceptors (Lipinski definition) is 4. The lowest BCUT2D eigenvalue weighted by Crippen LogP contribution is -2.51. The average molecular weight is 419 g/mol. The molecule has 0 radical (unpaired) electrons. The maximum Gasteiger partial charge on any atom is 0.257 e. The Bertz CT molecular complexity index is 1010. The van der Waals surface area contributed by atoms with Crippen LogP contribution in [-0.2, 0) is 33.1 Å². The second kappa shape index (κ2) is 7.90. The summed E-state index contributed by atoms with van der Waals surface area (Å²) in [5.41, 5.74) is 4.33. The Morgan fingerprint density at radius 3 is 2.45 bits per heavy atom. The van der Waals surface area contributed by atoms with E-state index in [1.807, 2.05) is 30.5 Å². The van der Waals surface area contributed by atoms with E-state index in [-0.39, 0.29) is 23.7 Å². The molecule has 0 aromatic heterocycles. The summed E-state index contributed by atoms with van der Waals surface area (Å²) in [5, 5.41) is 0. The van der Waals surface area contributed by atoms with Gasteiger partial charge in [-0.05, 0) is 50.0 Å². The Kier molecular flexibility index (Phi) is 5.21. The lowest BCUT2D eigenvalue weighted by atomic mass is 9.82. The van der Waals surface area contributed by atoms with Gasteiger partial charge in [0.25, 0.3) is 5.91 Å². The number of carbonyl (C=O) groups excluding carboxylic acids is 1. The molecule has 5 heteroatoms. The Balaban J connectivity index is 1.32. The fourth-order valence-electron chi connectivity index (χ4n) is 5.09. The van der Waals surface area contributed by atoms with E-state index in [9.17, 15) is 4.79 Å². The van der Waals surface area contributed by atoms with Crippen LogP contribution in [0.3, 0.4) is 0 Å². The molecule has 3 aliphatic rings. The molecule has 2 aromatic rings. The smallest absolute Gasteiger partial charge is 0.257 e. The zero-order valence-electron chi connectivity index (χ0n) is 18.3. The van der Waals surface area contributed by atoms with Crippen LogP contribution in [0.25, 0.3) is 0 Å². The number of carbonyl (C=O) groups is 1. The molecule has 0 saturated carbocycles. The molecule has 0 bridgehead atoms. The maximum atomic E-state index is 12.7. The van der Waals surface area contributed by atoms with Crippen LogP contribution in [0, 0.1) is 0 Å². The summed E-state index contributed by atoms with van der Waals surface area (Å²) >= 11 is 0. The lowest BCUT2D eigenvalue weighted by molar-refractivity contribution is -0.122. The van der Waals surface area contributed by atoms with Gasteiger partial charge in [-0.25, -0.2) is 0 Å². The molecule has 5 nitrogen and oxygen atoms in total. The summed E-state index contributed by atoms with van der Waals surface area (Å²) in [4.78, 5) is 16.9. The summed E-state index contributed by atoms with van der Waals surface area (Å²) in [6.07, 6.45) is 6.05. The number of rotatable bonds is 3. The van der Waals surface area contributed by atoms with Crippen molar-refractivity contribution >= 4 is 11.6 Å². The SMILES string of the molecule is CC(C)(C=CN1C(=O)COCc2ccccc21)N1CCC2(CC1)OCc1ccccc12. The van der Waals surface area contributed by atoms with Crippen molar-refractivity contribution in [1.82, 2.24) is 4.90 Å². The third-order valence-corrected chi connectivity index (χ3v) is 7.03. The Hall–Kier alpha value is -2.47. The van der Waals surface area contributed by atoms with Gasteiger partial charge in [0.15, 0.2) is 0 Å². The molecule has 1 amide bonds. The van der Waals surface area contributed by atoms with Gasteiger partial charge in [-0.15, -0.1) is 0 Å². The minimum Gasteiger partial charge on any atom is -0.367 e. The molecule has 31 heavy (non-hydrogen) atoms. The highest BCUT2D eigenvalue weighted by Crippen LogP contribution is 2.45. The molecule has 0 unspecified atom stereocenters. The van der Waals surface area contributed by atoms with Crippen molar-refractivity contribution in [3.8, 4) is 0 Å². The van der Waals surface area contributed by atoms with Crippen molar-refractivity contribution < 1.29 is 14.3 Å². The zero-order valence-corrected chi connectivity index (χ0v) is 18.3. The van der Waals surface area contributed by atoms with Crippen LogP contribution < -0.4 is 4.90 Å². The van der Waals surface area contributed by atoms with Crippen LogP contribution in [0.2, 0.25) is 0 Å². The van der Waals surface area contributed by atoms with E-state index in [4.69, 9.17) is 9.47 Å². The molecule has 3 aliphatic heterocycles. The van der Waals surface area contributed by atoms with Gasteiger partial charge in [-0.2, -0.15) is 0 Å². The van der Waals surface area contributed by atoms with Gasteiger partial charge in [-0.3, -0.25) is 14.6 Å². The molecule has 3 heterocycles. The Labute approximate surface area is 184 Å². The number of hydrogen-bond donors (Lipinski definition) is 0. The third kappa shape index (κ3) is 3.71. The van der Waals surface area contributed by atoms with Crippen LogP contribution in [0.5, 0.6) is 0 Å². The third-order valence-electron chi connectivity index (χ3n) is 7.03. The van der Waals surface area contributed by atoms with Gasteiger partial charge in [0.2, 0.25) is 0 Å². The number of likely N-dealkylation sites (tertiary alicyclic amines) is 1. The van der Waals surface area contributed by atoms with Gasteiger partial charge < -0.3 is 9.47 Å². The maximum absolute atomic E-state index is 12.7. The lowest BCUT2D eigenvalue weighted by Gasteiger charge is -2.45. The zero-order chi connectivity index (χ0) is 21.5. The first-order chi connectivity index (χ1) is 15.0. The molecule has 0 atom stereocenters. The first-order valence-electron chi connectivity index (χ1n) is 11.1. The molecule has 162 valence electrons. The number of piperidine rings is 1. The summed E-state index contributed by atoms with van der Waals surface area (Å²) < 4.78 is 11.9. The molecular weight excluding hydrogens is 388 g/mol. The van der Waals surface area contributed by atoms with E-state index in [1.165, 1.54) is 11.1 Å². The predicted molar refractivity (Wildman–Crippen MR) is 121 cm³/mol. The van der Waals surface area contributed by atoms with Crippen molar-refractivity contribution in [2.45, 2.75) is 51.0 Å². The number of para-hydroxylation sites is 1. The normalized spacial score (nSPS) is 21.4. The van der Waals surface area contributed by atoms with Gasteiger partial charge in [-0.1, -0.05) is 42.5 Å². The number of anilines is 1. The molecule has 1 spiro atoms. The largest absolute Gasteiger partial charge is 0.367 e. The topological polar surface area (TPSA) is 42.0 Å². The van der Waals surface area contributed by atoms with Crippen molar-refractivity contribution in [2.24, 2.45) is 0 Å². The van der Waals surface area contributed by atoms with Crippen LogP contribution in [0.1, 0.15) is 43.4 Å². The average Bonchev–Trinajstić information content (AvgIpc) is 3.04. The fourth-order valence-corrected chi connectivity index (χ4v) is 5.09. The minimum absolute atomic E-state index is 0.0365. The van der Waals surface area contributed by atoms with Crippen LogP contribution in [-0.4, -0.2) is 36.0 Å². The molecular formula is C26H30N2O3. The second-order valence-electron chi connectivity index (χ2n) is 9.28. The van der Waals surface area contributed by atoms with Crippen molar-refractivity contribution in [1.29, 1.82) is 0 Å². The summed E-state index contributed by atoms with van der Waals surface area (Å²) in [7, 11) is 0. The van der Waals surface area contributed by atoms with Gasteiger partial charge in [0.1, 0.15) is 6.61 Å². The number of fused-ring (bicyclic) bond motifs is 3. The number of amides is 1. The highest BCUT2D eigenvalue weighted by molar-refractivity contribution is 5.97. The van der Waals surface area contributed by atoms with E-state index in [1.54, 1.807) is 4.90 Å². The fraction of sp³-hybridized carbons (Fsp3) is 0.423. The van der Waals surface area contributed by atoms with E-state index < -0.39 is 0 Å². The van der Waals surface area contributed by atoms with Gasteiger partial charge >= 0.3 is 0 Å². The molecule has 1 saturated heterocycles. The summed E-state index contributed by atoms with van der Waals surface area (Å²) in [5.74, 6) is -0.0365. The van der Waals surface area contributed by atoms with Gasteiger partial charge in [0.05, 0.1) is 24.5 Å². The standard InChI is InChI=1S/C26H30N2O3/c1-25(2,11-16-28-23-10-6-4-8-21(23)17-30-19-24(28)29)27-14-12-26(13-15-27)22-9-5-3-7-20(22)18-31-26/h3-11,16H,12-15,17-19H2,1-2H3. The van der Waals surface area contributed by atoms with Crippen molar-refractivity contribution in [2.75, 3.05) is 24.6 Å². The minimum atomic E-state index is -0.178. The first kappa shape index (κ1) is 20.4. The number of nitrogens with zero attached hydrogens (tertiary/aromatic N) is 2. The van der Waals surface area contributed by atoms with E-state index in [2.05, 4.69) is 49.1 Å². The molecule has 0 aliphatic carbocycles. The Morgan fingerprint density at radius 1 is 0.935 bits per heavy atom. The monoisotopic (exact) mass is 418 g/mol. The van der Waals surface area contributed by atoms with E-state index >= 15 is 0 Å². The van der Waals surface area contributed by atoms with Crippen molar-refractivity contribution in [3.63, 3.8) is 0 Å². The highest BCUT2D eigenvalue weighted by Gasteiger charge is 2.44. The molecule has 0 N–H and O–H groups in total. The molecule has 5 rings (SSSR count). The van der Waals surface area contributed by atoms with Crippen LogP contribution in [0.4, 0.5) is 5.69 Å². The first-order valence-corrected chi connectivity index (χ1v) is 11.1. The highest BCUT2D eigenvalue weighted by atomic mass is 16.5. The van der Waals surface area contributed by atoms with Crippen LogP contribution >= 0.6 is 0 Å². The number of benzene rings is 2. The Morgan fingerprint density at radius 2 is 1.65 bits per heavy atom. The molecule has 2 aromatic carbocycles. The predicted octanol–water partition coefficient (Wildman–Crippen LogP) is 4.36. The van der Waals surface area contributed by atoms with E-state index in [0.29, 0.717) is 6.61 Å². The number of ether oxygens (including phenoxy) is 2. The second-order valence-corrected chi connectivity index (χ2v) is 9.28. The summed E-state index contributed by atoms with van der Waals surface area (Å²) in [6, 6.07) is 16.6.